The molecule has 2 aliphatic carbocycles. The number of hydrogen-bond acceptors (Lipinski definition) is 4. The molecule has 0 aromatic rings. The molecule has 3 N–H and O–H groups in total. The van der Waals surface area contributed by atoms with Crippen LogP contribution in [0.3, 0.4) is 0 Å². The lowest BCUT2D eigenvalue weighted by Gasteiger charge is -2.23. The SMILES string of the molecule is [NH3+][C@@H](CC(=O)OC1CCCCC1)C(=O)OC1CCCCC1. The Morgan fingerprint density at radius 1 is 0.857 bits per heavy atom. The highest BCUT2D eigenvalue weighted by Gasteiger charge is 2.28. The Morgan fingerprint density at radius 3 is 1.86 bits per heavy atom. The zero-order chi connectivity index (χ0) is 15.1. The van der Waals surface area contributed by atoms with E-state index in [0.29, 0.717) is 0 Å². The summed E-state index contributed by atoms with van der Waals surface area (Å²) in [6.45, 7) is 0. The van der Waals surface area contributed by atoms with Gasteiger partial charge in [-0.05, 0) is 51.4 Å². The average Bonchev–Trinajstić information content (AvgIpc) is 2.49. The molecule has 21 heavy (non-hydrogen) atoms. The number of esters is 2. The van der Waals surface area contributed by atoms with Crippen LogP contribution in [0.5, 0.6) is 0 Å². The highest BCUT2D eigenvalue weighted by molar-refractivity contribution is 5.81. The maximum Gasteiger partial charge on any atom is 0.365 e. The zero-order valence-electron chi connectivity index (χ0n) is 12.9. The van der Waals surface area contributed by atoms with Crippen molar-refractivity contribution in [1.29, 1.82) is 0 Å². The molecule has 0 radical (unpaired) electrons. The zero-order valence-corrected chi connectivity index (χ0v) is 12.9. The Bertz CT molecular complexity index is 346. The number of quaternary nitrogens is 1. The highest BCUT2D eigenvalue weighted by Crippen LogP contribution is 2.22. The van der Waals surface area contributed by atoms with Crippen molar-refractivity contribution < 1.29 is 24.8 Å². The Balaban J connectivity index is 1.67. The summed E-state index contributed by atoms with van der Waals surface area (Å²) in [6, 6.07) is -0.650. The summed E-state index contributed by atoms with van der Waals surface area (Å²) in [5, 5.41) is 0. The quantitative estimate of drug-likeness (QED) is 0.784. The maximum absolute atomic E-state index is 11.9. The van der Waals surface area contributed by atoms with Gasteiger partial charge in [-0.2, -0.15) is 0 Å². The van der Waals surface area contributed by atoms with Crippen molar-refractivity contribution in [3.63, 3.8) is 0 Å². The van der Waals surface area contributed by atoms with E-state index >= 15 is 0 Å². The van der Waals surface area contributed by atoms with Gasteiger partial charge in [0.15, 0.2) is 6.04 Å². The average molecular weight is 298 g/mol. The van der Waals surface area contributed by atoms with Gasteiger partial charge < -0.3 is 15.2 Å². The number of hydrogen-bond donors (Lipinski definition) is 1. The van der Waals surface area contributed by atoms with Crippen LogP contribution < -0.4 is 5.73 Å². The van der Waals surface area contributed by atoms with Crippen molar-refractivity contribution >= 4 is 11.9 Å². The lowest BCUT2D eigenvalue weighted by Crippen LogP contribution is -2.66. The summed E-state index contributed by atoms with van der Waals surface area (Å²) in [5.74, 6) is -0.676. The van der Waals surface area contributed by atoms with E-state index in [1.807, 2.05) is 0 Å². The fraction of sp³-hybridized carbons (Fsp3) is 0.875. The van der Waals surface area contributed by atoms with E-state index in [1.54, 1.807) is 0 Å². The number of ether oxygens (including phenoxy) is 2. The predicted octanol–water partition coefficient (Wildman–Crippen LogP) is 1.74. The van der Waals surface area contributed by atoms with Crippen molar-refractivity contribution in [2.45, 2.75) is 88.9 Å². The van der Waals surface area contributed by atoms with E-state index < -0.39 is 6.04 Å². The Kier molecular flexibility index (Phi) is 6.49. The monoisotopic (exact) mass is 298 g/mol. The molecule has 5 nitrogen and oxygen atoms in total. The first kappa shape index (κ1) is 16.3. The summed E-state index contributed by atoms with van der Waals surface area (Å²) in [6.07, 6.45) is 10.8. The van der Waals surface area contributed by atoms with Crippen molar-refractivity contribution in [2.24, 2.45) is 0 Å². The molecule has 2 fully saturated rings. The first-order valence-corrected chi connectivity index (χ1v) is 8.38. The van der Waals surface area contributed by atoms with Gasteiger partial charge >= 0.3 is 11.9 Å². The molecule has 0 bridgehead atoms. The smallest absolute Gasteiger partial charge is 0.365 e. The van der Waals surface area contributed by atoms with Gasteiger partial charge in [-0.3, -0.25) is 4.79 Å². The standard InChI is InChI=1S/C16H27NO4/c17-14(16(19)21-13-9-5-2-6-10-13)11-15(18)20-12-7-3-1-4-8-12/h12-14H,1-11,17H2/p+1/t14-/m0/s1. The van der Waals surface area contributed by atoms with Gasteiger partial charge in [0.1, 0.15) is 18.6 Å². The van der Waals surface area contributed by atoms with E-state index in [0.717, 1.165) is 51.4 Å². The molecule has 0 unspecified atom stereocenters. The van der Waals surface area contributed by atoms with E-state index in [2.05, 4.69) is 5.73 Å². The van der Waals surface area contributed by atoms with Crippen LogP contribution >= 0.6 is 0 Å². The summed E-state index contributed by atoms with van der Waals surface area (Å²) < 4.78 is 10.9. The minimum Gasteiger partial charge on any atom is -0.462 e. The van der Waals surface area contributed by atoms with Crippen molar-refractivity contribution in [2.75, 3.05) is 0 Å². The van der Waals surface area contributed by atoms with Gasteiger partial charge in [0.05, 0.1) is 0 Å². The fourth-order valence-corrected chi connectivity index (χ4v) is 3.14. The molecule has 1 atom stereocenters. The number of carbonyl (C=O) groups is 2. The van der Waals surface area contributed by atoms with Crippen LogP contribution in [0.25, 0.3) is 0 Å². The fourth-order valence-electron chi connectivity index (χ4n) is 3.14. The topological polar surface area (TPSA) is 80.2 Å². The molecular formula is C16H28NO4+. The molecule has 0 aromatic carbocycles. The molecule has 0 aliphatic heterocycles. The third kappa shape index (κ3) is 5.65. The first-order chi connectivity index (χ1) is 10.1. The highest BCUT2D eigenvalue weighted by atomic mass is 16.6. The van der Waals surface area contributed by atoms with Crippen LogP contribution in [-0.4, -0.2) is 30.2 Å². The normalized spacial score (nSPS) is 22.5. The Morgan fingerprint density at radius 2 is 1.33 bits per heavy atom. The summed E-state index contributed by atoms with van der Waals surface area (Å²) in [4.78, 5) is 23.8. The molecule has 120 valence electrons. The van der Waals surface area contributed by atoms with E-state index in [9.17, 15) is 9.59 Å². The molecule has 0 aromatic heterocycles. The molecule has 0 saturated heterocycles. The van der Waals surface area contributed by atoms with E-state index in [1.165, 1.54) is 12.8 Å². The first-order valence-electron chi connectivity index (χ1n) is 8.38. The van der Waals surface area contributed by atoms with Crippen molar-refractivity contribution in [1.82, 2.24) is 0 Å². The van der Waals surface area contributed by atoms with Gasteiger partial charge in [-0.25, -0.2) is 4.79 Å². The van der Waals surface area contributed by atoms with Gasteiger partial charge in [0.2, 0.25) is 0 Å². The molecule has 2 saturated carbocycles. The summed E-state index contributed by atoms with van der Waals surface area (Å²) in [7, 11) is 0. The molecule has 0 heterocycles. The van der Waals surface area contributed by atoms with E-state index in [-0.39, 0.29) is 30.6 Å². The van der Waals surface area contributed by atoms with Crippen LogP contribution in [-0.2, 0) is 19.1 Å². The van der Waals surface area contributed by atoms with Crippen LogP contribution in [0.1, 0.15) is 70.6 Å². The second-order valence-corrected chi connectivity index (χ2v) is 6.35. The molecule has 2 aliphatic rings. The van der Waals surface area contributed by atoms with Gasteiger partial charge in [0.25, 0.3) is 0 Å². The van der Waals surface area contributed by atoms with Gasteiger partial charge in [0, 0.05) is 0 Å². The van der Waals surface area contributed by atoms with Crippen LogP contribution in [0, 0.1) is 0 Å². The molecule has 0 amide bonds. The molecular weight excluding hydrogens is 270 g/mol. The van der Waals surface area contributed by atoms with Crippen LogP contribution in [0.2, 0.25) is 0 Å². The third-order valence-electron chi connectivity index (χ3n) is 4.43. The molecule has 2 rings (SSSR count). The Labute approximate surface area is 126 Å². The number of rotatable bonds is 5. The lowest BCUT2D eigenvalue weighted by molar-refractivity contribution is -0.408. The van der Waals surface area contributed by atoms with Crippen LogP contribution in [0.15, 0.2) is 0 Å². The lowest BCUT2D eigenvalue weighted by atomic mass is 9.97. The maximum atomic E-state index is 11.9. The number of carbonyl (C=O) groups excluding carboxylic acids is 2. The van der Waals surface area contributed by atoms with Crippen molar-refractivity contribution in [3.8, 4) is 0 Å². The molecule has 0 spiro atoms. The predicted molar refractivity (Wildman–Crippen MR) is 77.2 cm³/mol. The minimum atomic E-state index is -0.650. The van der Waals surface area contributed by atoms with Crippen LogP contribution in [0.4, 0.5) is 0 Å². The summed E-state index contributed by atoms with van der Waals surface area (Å²) >= 11 is 0. The van der Waals surface area contributed by atoms with Gasteiger partial charge in [-0.1, -0.05) is 12.8 Å². The third-order valence-corrected chi connectivity index (χ3v) is 4.43. The van der Waals surface area contributed by atoms with Crippen molar-refractivity contribution in [3.05, 3.63) is 0 Å². The summed E-state index contributed by atoms with van der Waals surface area (Å²) in [5.41, 5.74) is 3.76. The van der Waals surface area contributed by atoms with E-state index in [4.69, 9.17) is 9.47 Å². The molecule has 5 heteroatoms. The van der Waals surface area contributed by atoms with Gasteiger partial charge in [-0.15, -0.1) is 0 Å². The second-order valence-electron chi connectivity index (χ2n) is 6.35. The minimum absolute atomic E-state index is 0.0184. The largest absolute Gasteiger partial charge is 0.462 e. The Hall–Kier alpha value is -1.10. The second kappa shape index (κ2) is 8.37.